The molecule has 0 saturated carbocycles. The molecule has 0 fully saturated rings. The fourth-order valence-electron chi connectivity index (χ4n) is 1.21. The van der Waals surface area contributed by atoms with E-state index in [2.05, 4.69) is 19.2 Å². The highest BCUT2D eigenvalue weighted by Gasteiger charge is 2.17. The lowest BCUT2D eigenvalue weighted by Gasteiger charge is -2.24. The molecule has 0 aromatic rings. The monoisotopic (exact) mass is 231 g/mol. The van der Waals surface area contributed by atoms with Crippen LogP contribution in [0.4, 0.5) is 0 Å². The van der Waals surface area contributed by atoms with Gasteiger partial charge in [0.25, 0.3) is 0 Å². The number of nitrogens with one attached hydrogen (secondary N) is 1. The Morgan fingerprint density at radius 2 is 1.62 bits per heavy atom. The maximum Gasteiger partial charge on any atom is 0.207 e. The minimum absolute atomic E-state index is 0.105. The lowest BCUT2D eigenvalue weighted by molar-refractivity contribution is -0.159. The van der Waals surface area contributed by atoms with E-state index in [9.17, 15) is 4.79 Å². The van der Waals surface area contributed by atoms with Gasteiger partial charge in [-0.3, -0.25) is 4.79 Å². The van der Waals surface area contributed by atoms with Gasteiger partial charge in [0.05, 0.1) is 6.04 Å². The van der Waals surface area contributed by atoms with Crippen LogP contribution in [0.3, 0.4) is 0 Å². The van der Waals surface area contributed by atoms with Crippen molar-refractivity contribution in [3.05, 3.63) is 0 Å². The van der Waals surface area contributed by atoms with Crippen LogP contribution in [0, 0.1) is 0 Å². The van der Waals surface area contributed by atoms with Gasteiger partial charge < -0.3 is 14.8 Å². The van der Waals surface area contributed by atoms with Crippen molar-refractivity contribution in [2.75, 3.05) is 13.2 Å². The molecule has 0 aromatic carbocycles. The second-order valence-electron chi connectivity index (χ2n) is 3.89. The number of carbonyl (C=O) groups excluding carboxylic acids is 1. The predicted octanol–water partition coefficient (Wildman–Crippen LogP) is 2.08. The molecule has 4 nitrogen and oxygen atoms in total. The van der Waals surface area contributed by atoms with E-state index in [0.717, 1.165) is 25.7 Å². The van der Waals surface area contributed by atoms with E-state index in [-0.39, 0.29) is 12.3 Å². The Hall–Kier alpha value is -0.610. The Bertz CT molecular complexity index is 154. The van der Waals surface area contributed by atoms with E-state index >= 15 is 0 Å². The van der Waals surface area contributed by atoms with Crippen LogP contribution in [0.2, 0.25) is 0 Å². The van der Waals surface area contributed by atoms with E-state index in [1.807, 2.05) is 6.92 Å². The zero-order valence-electron chi connectivity index (χ0n) is 10.7. The molecule has 0 rings (SSSR count). The fraction of sp³-hybridized carbons (Fsp3) is 0.917. The zero-order chi connectivity index (χ0) is 12.2. The van der Waals surface area contributed by atoms with Crippen molar-refractivity contribution in [2.24, 2.45) is 0 Å². The summed E-state index contributed by atoms with van der Waals surface area (Å²) in [5.74, 6) is 0. The first kappa shape index (κ1) is 15.4. The minimum Gasteiger partial charge on any atom is -0.351 e. The third-order valence-corrected chi connectivity index (χ3v) is 2.30. The first-order valence-electron chi connectivity index (χ1n) is 6.19. The van der Waals surface area contributed by atoms with E-state index in [1.165, 1.54) is 0 Å². The van der Waals surface area contributed by atoms with Crippen LogP contribution in [-0.4, -0.2) is 32.0 Å². The summed E-state index contributed by atoms with van der Waals surface area (Å²) in [7, 11) is 0. The molecule has 96 valence electrons. The van der Waals surface area contributed by atoms with E-state index in [4.69, 9.17) is 9.47 Å². The Kier molecular flexibility index (Phi) is 10.5. The predicted molar refractivity (Wildman–Crippen MR) is 64.2 cm³/mol. The Balaban J connectivity index is 3.88. The Labute approximate surface area is 98.7 Å². The normalized spacial score (nSPS) is 12.8. The van der Waals surface area contributed by atoms with Gasteiger partial charge in [-0.05, 0) is 19.8 Å². The molecule has 0 aliphatic carbocycles. The van der Waals surface area contributed by atoms with E-state index in [0.29, 0.717) is 19.6 Å². The standard InChI is InChI=1S/C12H25NO3/c1-4-6-8-15-12(11(3)13-10-14)16-9-7-5-2/h10-12H,4-9H2,1-3H3,(H,13,14). The van der Waals surface area contributed by atoms with Gasteiger partial charge in [-0.1, -0.05) is 26.7 Å². The minimum atomic E-state index is -0.330. The molecule has 0 heterocycles. The summed E-state index contributed by atoms with van der Waals surface area (Å²) in [6.07, 6.45) is 4.57. The van der Waals surface area contributed by atoms with Crippen LogP contribution in [0.15, 0.2) is 0 Å². The van der Waals surface area contributed by atoms with Crippen LogP contribution < -0.4 is 5.32 Å². The van der Waals surface area contributed by atoms with Gasteiger partial charge >= 0.3 is 0 Å². The van der Waals surface area contributed by atoms with Crippen molar-refractivity contribution in [1.82, 2.24) is 5.32 Å². The van der Waals surface area contributed by atoms with Gasteiger partial charge in [-0.15, -0.1) is 0 Å². The van der Waals surface area contributed by atoms with Crippen molar-refractivity contribution in [2.45, 2.75) is 58.8 Å². The number of unbranched alkanes of at least 4 members (excludes halogenated alkanes) is 2. The first-order valence-corrected chi connectivity index (χ1v) is 6.19. The third kappa shape index (κ3) is 7.65. The molecule has 0 saturated heterocycles. The molecule has 0 aliphatic heterocycles. The average Bonchev–Trinajstić information content (AvgIpc) is 2.28. The maximum absolute atomic E-state index is 10.4. The molecule has 1 unspecified atom stereocenters. The summed E-state index contributed by atoms with van der Waals surface area (Å²) in [6.45, 7) is 7.47. The lowest BCUT2D eigenvalue weighted by atomic mass is 10.3. The maximum atomic E-state index is 10.4. The van der Waals surface area contributed by atoms with Gasteiger partial charge in [0.15, 0.2) is 6.29 Å². The molecule has 0 radical (unpaired) electrons. The Morgan fingerprint density at radius 3 is 2.00 bits per heavy atom. The molecular weight excluding hydrogens is 206 g/mol. The highest BCUT2D eigenvalue weighted by Crippen LogP contribution is 2.04. The molecule has 0 spiro atoms. The summed E-state index contributed by atoms with van der Waals surface area (Å²) in [6, 6.07) is -0.105. The van der Waals surface area contributed by atoms with Crippen molar-refractivity contribution in [3.63, 3.8) is 0 Å². The number of ether oxygens (including phenoxy) is 2. The topological polar surface area (TPSA) is 47.6 Å². The number of rotatable bonds is 11. The second kappa shape index (κ2) is 10.9. The lowest BCUT2D eigenvalue weighted by Crippen LogP contribution is -2.40. The molecule has 16 heavy (non-hydrogen) atoms. The summed E-state index contributed by atoms with van der Waals surface area (Å²) in [5, 5.41) is 2.67. The van der Waals surface area contributed by atoms with Crippen molar-refractivity contribution >= 4 is 6.41 Å². The molecule has 0 aliphatic rings. The first-order chi connectivity index (χ1) is 7.76. The summed E-state index contributed by atoms with van der Waals surface area (Å²) < 4.78 is 11.2. The summed E-state index contributed by atoms with van der Waals surface area (Å²) in [4.78, 5) is 10.4. The molecular formula is C12H25NO3. The average molecular weight is 231 g/mol. The SMILES string of the molecule is CCCCOC(OCCCC)C(C)NC=O. The van der Waals surface area contributed by atoms with Crippen LogP contribution >= 0.6 is 0 Å². The van der Waals surface area contributed by atoms with Crippen molar-refractivity contribution in [3.8, 4) is 0 Å². The molecule has 1 atom stereocenters. The van der Waals surface area contributed by atoms with Gasteiger partial charge in [0.2, 0.25) is 6.41 Å². The number of carbonyl (C=O) groups is 1. The number of hydrogen-bond donors (Lipinski definition) is 1. The summed E-state index contributed by atoms with van der Waals surface area (Å²) >= 11 is 0. The molecule has 1 N–H and O–H groups in total. The van der Waals surface area contributed by atoms with E-state index < -0.39 is 0 Å². The fourth-order valence-corrected chi connectivity index (χ4v) is 1.21. The van der Waals surface area contributed by atoms with Gasteiger partial charge in [0, 0.05) is 13.2 Å². The van der Waals surface area contributed by atoms with Crippen LogP contribution in [-0.2, 0) is 14.3 Å². The van der Waals surface area contributed by atoms with Crippen molar-refractivity contribution in [1.29, 1.82) is 0 Å². The van der Waals surface area contributed by atoms with Crippen LogP contribution in [0.1, 0.15) is 46.5 Å². The Morgan fingerprint density at radius 1 is 1.12 bits per heavy atom. The highest BCUT2D eigenvalue weighted by molar-refractivity contribution is 5.46. The van der Waals surface area contributed by atoms with E-state index in [1.54, 1.807) is 0 Å². The molecule has 4 heteroatoms. The smallest absolute Gasteiger partial charge is 0.207 e. The molecule has 1 amide bonds. The number of amides is 1. The van der Waals surface area contributed by atoms with Crippen molar-refractivity contribution < 1.29 is 14.3 Å². The second-order valence-corrected chi connectivity index (χ2v) is 3.89. The van der Waals surface area contributed by atoms with Gasteiger partial charge in [-0.25, -0.2) is 0 Å². The van der Waals surface area contributed by atoms with Gasteiger partial charge in [0.1, 0.15) is 0 Å². The molecule has 0 aromatic heterocycles. The largest absolute Gasteiger partial charge is 0.351 e. The summed E-state index contributed by atoms with van der Waals surface area (Å²) in [5.41, 5.74) is 0. The zero-order valence-corrected chi connectivity index (χ0v) is 10.7. The third-order valence-electron chi connectivity index (χ3n) is 2.30. The quantitative estimate of drug-likeness (QED) is 0.336. The van der Waals surface area contributed by atoms with Gasteiger partial charge in [-0.2, -0.15) is 0 Å². The van der Waals surface area contributed by atoms with Crippen LogP contribution in [0.25, 0.3) is 0 Å². The highest BCUT2D eigenvalue weighted by atomic mass is 16.7. The van der Waals surface area contributed by atoms with Crippen LogP contribution in [0.5, 0.6) is 0 Å². The molecule has 0 bridgehead atoms. The number of hydrogen-bond acceptors (Lipinski definition) is 3.